The predicted molar refractivity (Wildman–Crippen MR) is 92.0 cm³/mol. The number of hydrogen-bond acceptors (Lipinski definition) is 4. The first-order valence-corrected chi connectivity index (χ1v) is 7.27. The SMILES string of the molecule is COc1ccc(NC(=O)C(=O)Nc2cccc3cccnc23)cc1. The number of benzene rings is 2. The lowest BCUT2D eigenvalue weighted by Crippen LogP contribution is -2.29. The van der Waals surface area contributed by atoms with Gasteiger partial charge >= 0.3 is 11.8 Å². The summed E-state index contributed by atoms with van der Waals surface area (Å²) in [7, 11) is 1.55. The van der Waals surface area contributed by atoms with Gasteiger partial charge in [-0.3, -0.25) is 14.6 Å². The van der Waals surface area contributed by atoms with Crippen LogP contribution in [0.4, 0.5) is 11.4 Å². The van der Waals surface area contributed by atoms with Crippen LogP contribution in [0.5, 0.6) is 5.75 Å². The molecule has 0 aliphatic carbocycles. The summed E-state index contributed by atoms with van der Waals surface area (Å²) in [6.07, 6.45) is 1.63. The Morgan fingerprint density at radius 1 is 0.917 bits per heavy atom. The van der Waals surface area contributed by atoms with Crippen molar-refractivity contribution in [3.8, 4) is 5.75 Å². The molecule has 0 saturated carbocycles. The van der Waals surface area contributed by atoms with E-state index in [1.165, 1.54) is 0 Å². The molecule has 1 aromatic heterocycles. The second kappa shape index (κ2) is 6.78. The first-order valence-electron chi connectivity index (χ1n) is 7.27. The predicted octanol–water partition coefficient (Wildman–Crippen LogP) is 2.82. The molecule has 120 valence electrons. The largest absolute Gasteiger partial charge is 0.497 e. The third-order valence-electron chi connectivity index (χ3n) is 3.44. The molecule has 0 fully saturated rings. The van der Waals surface area contributed by atoms with E-state index >= 15 is 0 Å². The molecule has 1 heterocycles. The maximum Gasteiger partial charge on any atom is 0.314 e. The Labute approximate surface area is 138 Å². The molecule has 0 atom stereocenters. The molecular weight excluding hydrogens is 306 g/mol. The second-order valence-electron chi connectivity index (χ2n) is 5.02. The molecular formula is C18H15N3O3. The summed E-state index contributed by atoms with van der Waals surface area (Å²) in [5.74, 6) is -0.851. The fraction of sp³-hybridized carbons (Fsp3) is 0.0556. The van der Waals surface area contributed by atoms with Gasteiger partial charge in [0.25, 0.3) is 0 Å². The highest BCUT2D eigenvalue weighted by Crippen LogP contribution is 2.20. The normalized spacial score (nSPS) is 10.2. The molecule has 3 rings (SSSR count). The van der Waals surface area contributed by atoms with E-state index < -0.39 is 11.8 Å². The van der Waals surface area contributed by atoms with Crippen LogP contribution in [0.1, 0.15) is 0 Å². The number of rotatable bonds is 3. The van der Waals surface area contributed by atoms with Gasteiger partial charge in [-0.2, -0.15) is 0 Å². The fourth-order valence-corrected chi connectivity index (χ4v) is 2.25. The molecule has 0 bridgehead atoms. The summed E-state index contributed by atoms with van der Waals surface area (Å²) in [4.78, 5) is 28.4. The molecule has 2 N–H and O–H groups in total. The zero-order valence-electron chi connectivity index (χ0n) is 12.9. The number of pyridine rings is 1. The van der Waals surface area contributed by atoms with E-state index in [2.05, 4.69) is 15.6 Å². The van der Waals surface area contributed by atoms with Gasteiger partial charge in [-0.1, -0.05) is 18.2 Å². The van der Waals surface area contributed by atoms with Crippen molar-refractivity contribution in [2.75, 3.05) is 17.7 Å². The topological polar surface area (TPSA) is 80.3 Å². The van der Waals surface area contributed by atoms with Crippen molar-refractivity contribution in [2.24, 2.45) is 0 Å². The molecule has 0 aliphatic heterocycles. The van der Waals surface area contributed by atoms with E-state index in [0.29, 0.717) is 22.6 Å². The number of anilines is 2. The molecule has 0 saturated heterocycles. The maximum atomic E-state index is 12.1. The van der Waals surface area contributed by atoms with Crippen LogP contribution in [0, 0.1) is 0 Å². The van der Waals surface area contributed by atoms with E-state index in [9.17, 15) is 9.59 Å². The van der Waals surface area contributed by atoms with Crippen LogP contribution in [-0.2, 0) is 9.59 Å². The molecule has 0 spiro atoms. The van der Waals surface area contributed by atoms with Gasteiger partial charge in [-0.05, 0) is 36.4 Å². The highest BCUT2D eigenvalue weighted by Gasteiger charge is 2.15. The third kappa shape index (κ3) is 3.33. The van der Waals surface area contributed by atoms with Crippen LogP contribution in [-0.4, -0.2) is 23.9 Å². The number of nitrogens with zero attached hydrogens (tertiary/aromatic N) is 1. The van der Waals surface area contributed by atoms with Crippen molar-refractivity contribution in [3.63, 3.8) is 0 Å². The van der Waals surface area contributed by atoms with Crippen LogP contribution >= 0.6 is 0 Å². The Morgan fingerprint density at radius 2 is 1.62 bits per heavy atom. The maximum absolute atomic E-state index is 12.1. The Hall–Kier alpha value is -3.41. The number of amides is 2. The number of fused-ring (bicyclic) bond motifs is 1. The van der Waals surface area contributed by atoms with Crippen molar-refractivity contribution in [3.05, 3.63) is 60.8 Å². The van der Waals surface area contributed by atoms with Gasteiger partial charge in [0.1, 0.15) is 5.75 Å². The van der Waals surface area contributed by atoms with Gasteiger partial charge in [0.15, 0.2) is 0 Å². The van der Waals surface area contributed by atoms with E-state index in [4.69, 9.17) is 4.74 Å². The number of methoxy groups -OCH3 is 1. The standard InChI is InChI=1S/C18H15N3O3/c1-24-14-9-7-13(8-10-14)20-17(22)18(23)21-15-6-2-4-12-5-3-11-19-16(12)15/h2-11H,1H3,(H,20,22)(H,21,23). The Balaban J connectivity index is 1.72. The molecule has 2 aromatic carbocycles. The zero-order chi connectivity index (χ0) is 16.9. The van der Waals surface area contributed by atoms with Gasteiger partial charge in [0.2, 0.25) is 0 Å². The smallest absolute Gasteiger partial charge is 0.314 e. The number of nitrogens with one attached hydrogen (secondary N) is 2. The van der Waals surface area contributed by atoms with Gasteiger partial charge in [0.05, 0.1) is 18.3 Å². The number of ether oxygens (including phenoxy) is 1. The average molecular weight is 321 g/mol. The van der Waals surface area contributed by atoms with Gasteiger partial charge in [-0.15, -0.1) is 0 Å². The van der Waals surface area contributed by atoms with Crippen LogP contribution in [0.2, 0.25) is 0 Å². The minimum absolute atomic E-state index is 0.489. The van der Waals surface area contributed by atoms with Crippen molar-refractivity contribution in [1.82, 2.24) is 4.98 Å². The van der Waals surface area contributed by atoms with Crippen LogP contribution in [0.3, 0.4) is 0 Å². The summed E-state index contributed by atoms with van der Waals surface area (Å²) in [5, 5.41) is 6.00. The van der Waals surface area contributed by atoms with Gasteiger partial charge < -0.3 is 15.4 Å². The molecule has 0 unspecified atom stereocenters. The molecule has 0 radical (unpaired) electrons. The Bertz CT molecular complexity index is 886. The lowest BCUT2D eigenvalue weighted by atomic mass is 10.2. The average Bonchev–Trinajstić information content (AvgIpc) is 2.62. The quantitative estimate of drug-likeness (QED) is 0.727. The summed E-state index contributed by atoms with van der Waals surface area (Å²) in [6.45, 7) is 0. The molecule has 6 heteroatoms. The Morgan fingerprint density at radius 3 is 2.38 bits per heavy atom. The molecule has 0 aliphatic rings. The first-order chi connectivity index (χ1) is 11.7. The highest BCUT2D eigenvalue weighted by molar-refractivity contribution is 6.44. The van der Waals surface area contributed by atoms with Gasteiger partial charge in [0, 0.05) is 17.3 Å². The van der Waals surface area contributed by atoms with E-state index in [-0.39, 0.29) is 0 Å². The molecule has 2 amide bonds. The van der Waals surface area contributed by atoms with Crippen LogP contribution in [0.15, 0.2) is 60.8 Å². The first kappa shape index (κ1) is 15.5. The molecule has 6 nitrogen and oxygen atoms in total. The van der Waals surface area contributed by atoms with E-state index in [1.54, 1.807) is 49.7 Å². The summed E-state index contributed by atoms with van der Waals surface area (Å²) < 4.78 is 5.04. The number of aromatic nitrogens is 1. The summed E-state index contributed by atoms with van der Waals surface area (Å²) in [5.41, 5.74) is 1.63. The number of carbonyl (C=O) groups is 2. The highest BCUT2D eigenvalue weighted by atomic mass is 16.5. The van der Waals surface area contributed by atoms with Crippen molar-refractivity contribution < 1.29 is 14.3 Å². The van der Waals surface area contributed by atoms with Crippen molar-refractivity contribution in [2.45, 2.75) is 0 Å². The monoisotopic (exact) mass is 321 g/mol. The van der Waals surface area contributed by atoms with Gasteiger partial charge in [-0.25, -0.2) is 0 Å². The second-order valence-corrected chi connectivity index (χ2v) is 5.02. The van der Waals surface area contributed by atoms with E-state index in [1.807, 2.05) is 18.2 Å². The van der Waals surface area contributed by atoms with Crippen LogP contribution in [0.25, 0.3) is 10.9 Å². The summed E-state index contributed by atoms with van der Waals surface area (Å²) >= 11 is 0. The zero-order valence-corrected chi connectivity index (χ0v) is 12.9. The minimum Gasteiger partial charge on any atom is -0.497 e. The third-order valence-corrected chi connectivity index (χ3v) is 3.44. The number of carbonyl (C=O) groups excluding carboxylic acids is 2. The Kier molecular flexibility index (Phi) is 4.38. The lowest BCUT2D eigenvalue weighted by Gasteiger charge is -2.09. The lowest BCUT2D eigenvalue weighted by molar-refractivity contribution is -0.132. The fourth-order valence-electron chi connectivity index (χ4n) is 2.25. The van der Waals surface area contributed by atoms with Crippen molar-refractivity contribution in [1.29, 1.82) is 0 Å². The molecule has 24 heavy (non-hydrogen) atoms. The number of para-hydroxylation sites is 1. The summed E-state index contributed by atoms with van der Waals surface area (Å²) in [6, 6.07) is 15.8. The minimum atomic E-state index is -0.760. The van der Waals surface area contributed by atoms with Crippen molar-refractivity contribution >= 4 is 34.1 Å². The molecule has 3 aromatic rings. The van der Waals surface area contributed by atoms with E-state index in [0.717, 1.165) is 5.39 Å². The number of hydrogen-bond donors (Lipinski definition) is 2. The van der Waals surface area contributed by atoms with Crippen LogP contribution < -0.4 is 15.4 Å².